The number of aliphatic hydroxyl groups is 1. The summed E-state index contributed by atoms with van der Waals surface area (Å²) in [6, 6.07) is 5.43. The van der Waals surface area contributed by atoms with Crippen LogP contribution in [0.4, 0.5) is 0 Å². The van der Waals surface area contributed by atoms with Gasteiger partial charge in [0.2, 0.25) is 5.78 Å². The minimum absolute atomic E-state index is 0.0243. The van der Waals surface area contributed by atoms with Crippen molar-refractivity contribution in [2.75, 3.05) is 0 Å². The maximum atomic E-state index is 12.9. The largest absolute Gasteiger partial charge is 0.508 e. The number of hydrogen-bond donors (Lipinski definition) is 4. The van der Waals surface area contributed by atoms with Crippen LogP contribution in [0.1, 0.15) is 52.9 Å². The van der Waals surface area contributed by atoms with E-state index in [2.05, 4.69) is 0 Å². The van der Waals surface area contributed by atoms with Gasteiger partial charge < -0.3 is 20.4 Å². The molecule has 0 spiro atoms. The average molecular weight is 340 g/mol. The maximum absolute atomic E-state index is 12.9. The summed E-state index contributed by atoms with van der Waals surface area (Å²) in [7, 11) is 0. The molecule has 0 saturated heterocycles. The first kappa shape index (κ1) is 17.0. The Morgan fingerprint density at radius 3 is 2.16 bits per heavy atom. The van der Waals surface area contributed by atoms with Crippen LogP contribution in [-0.4, -0.2) is 26.2 Å². The van der Waals surface area contributed by atoms with E-state index in [0.717, 1.165) is 11.6 Å². The van der Waals surface area contributed by atoms with Gasteiger partial charge in [-0.2, -0.15) is 0 Å². The molecule has 2 aromatic rings. The van der Waals surface area contributed by atoms with Gasteiger partial charge in [0, 0.05) is 23.6 Å². The van der Waals surface area contributed by atoms with Gasteiger partial charge >= 0.3 is 0 Å². The fourth-order valence-corrected chi connectivity index (χ4v) is 3.35. The third-order valence-electron chi connectivity index (χ3n) is 4.52. The molecule has 0 heterocycles. The molecular formula is C20H20O5. The molecule has 1 aliphatic rings. The summed E-state index contributed by atoms with van der Waals surface area (Å²) in [5, 5.41) is 41.9. The Bertz CT molecular complexity index is 859. The van der Waals surface area contributed by atoms with Crippen LogP contribution >= 0.6 is 0 Å². The lowest BCUT2D eigenvalue weighted by atomic mass is 9.71. The van der Waals surface area contributed by atoms with E-state index in [0.29, 0.717) is 5.56 Å². The molecule has 0 unspecified atom stereocenters. The van der Waals surface area contributed by atoms with Crippen LogP contribution in [-0.2, 0) is 5.60 Å². The summed E-state index contributed by atoms with van der Waals surface area (Å²) in [5.74, 6) is -1.50. The Kier molecular flexibility index (Phi) is 3.84. The number of aromatic hydroxyl groups is 3. The second-order valence-corrected chi connectivity index (χ2v) is 6.77. The van der Waals surface area contributed by atoms with Gasteiger partial charge in [-0.3, -0.25) is 4.79 Å². The zero-order chi connectivity index (χ0) is 18.5. The third-order valence-corrected chi connectivity index (χ3v) is 4.52. The normalized spacial score (nSPS) is 18.5. The van der Waals surface area contributed by atoms with E-state index in [-0.39, 0.29) is 40.2 Å². The van der Waals surface area contributed by atoms with Crippen molar-refractivity contribution >= 4 is 5.78 Å². The molecule has 0 amide bonds. The molecule has 0 saturated carbocycles. The van der Waals surface area contributed by atoms with Crippen molar-refractivity contribution in [1.82, 2.24) is 0 Å². The number of carbonyl (C=O) groups excluding carboxylic acids is 1. The fraction of sp³-hybridized carbons (Fsp3) is 0.250. The molecule has 2 aromatic carbocycles. The zero-order valence-corrected chi connectivity index (χ0v) is 14.3. The number of hydrogen-bond acceptors (Lipinski definition) is 5. The van der Waals surface area contributed by atoms with E-state index in [1.54, 1.807) is 13.0 Å². The van der Waals surface area contributed by atoms with Crippen molar-refractivity contribution in [1.29, 1.82) is 0 Å². The van der Waals surface area contributed by atoms with Crippen molar-refractivity contribution in [3.63, 3.8) is 0 Å². The molecule has 0 bridgehead atoms. The first-order valence-corrected chi connectivity index (χ1v) is 7.96. The fourth-order valence-electron chi connectivity index (χ4n) is 3.35. The third kappa shape index (κ3) is 2.57. The number of phenols is 3. The van der Waals surface area contributed by atoms with Gasteiger partial charge in [0.05, 0.1) is 11.1 Å². The lowest BCUT2D eigenvalue weighted by Gasteiger charge is -2.36. The predicted octanol–water partition coefficient (Wildman–Crippen LogP) is 3.25. The highest BCUT2D eigenvalue weighted by Gasteiger charge is 2.44. The molecular weight excluding hydrogens is 320 g/mol. The van der Waals surface area contributed by atoms with Gasteiger partial charge in [0.25, 0.3) is 0 Å². The number of phenolic OH excluding ortho intramolecular Hbond substituents is 3. The second kappa shape index (κ2) is 5.63. The minimum Gasteiger partial charge on any atom is -0.508 e. The molecule has 3 rings (SSSR count). The lowest BCUT2D eigenvalue weighted by Crippen LogP contribution is -2.35. The van der Waals surface area contributed by atoms with Crippen molar-refractivity contribution in [2.45, 2.75) is 32.8 Å². The van der Waals surface area contributed by atoms with E-state index in [4.69, 9.17) is 0 Å². The number of rotatable bonds is 2. The Hall–Kier alpha value is -2.79. The van der Waals surface area contributed by atoms with E-state index in [1.807, 2.05) is 19.9 Å². The van der Waals surface area contributed by atoms with Gasteiger partial charge in [-0.1, -0.05) is 17.7 Å². The van der Waals surface area contributed by atoms with Crippen molar-refractivity contribution in [2.24, 2.45) is 0 Å². The summed E-state index contributed by atoms with van der Waals surface area (Å²) >= 11 is 0. The summed E-state index contributed by atoms with van der Waals surface area (Å²) in [6.07, 6.45) is 1.94. The number of aryl methyl sites for hydroxylation is 1. The highest BCUT2D eigenvalue weighted by atomic mass is 16.3. The van der Waals surface area contributed by atoms with Gasteiger partial charge in [-0.25, -0.2) is 0 Å². The van der Waals surface area contributed by atoms with Crippen LogP contribution < -0.4 is 0 Å². The number of carbonyl (C=O) groups is 1. The minimum atomic E-state index is -1.66. The molecule has 1 aliphatic carbocycles. The number of benzene rings is 2. The van der Waals surface area contributed by atoms with Gasteiger partial charge in [0.1, 0.15) is 22.8 Å². The second-order valence-electron chi connectivity index (χ2n) is 6.77. The zero-order valence-electron chi connectivity index (χ0n) is 14.3. The van der Waals surface area contributed by atoms with E-state index in [1.165, 1.54) is 12.1 Å². The van der Waals surface area contributed by atoms with Crippen molar-refractivity contribution < 1.29 is 25.2 Å². The first-order valence-electron chi connectivity index (χ1n) is 7.96. The van der Waals surface area contributed by atoms with Crippen LogP contribution in [0.25, 0.3) is 0 Å². The van der Waals surface area contributed by atoms with Crippen LogP contribution in [0.15, 0.2) is 35.9 Å². The van der Waals surface area contributed by atoms with E-state index in [9.17, 15) is 25.2 Å². The van der Waals surface area contributed by atoms with Gasteiger partial charge in [0.15, 0.2) is 0 Å². The molecule has 0 aromatic heterocycles. The summed E-state index contributed by atoms with van der Waals surface area (Å²) in [6.45, 7) is 5.51. The SMILES string of the molecule is CC(C)=CC[C@]1(O)c2cc(C)cc(O)c2C(=O)c2c(O)cc(O)cc21. The maximum Gasteiger partial charge on any atom is 0.201 e. The van der Waals surface area contributed by atoms with Crippen LogP contribution in [0.2, 0.25) is 0 Å². The number of ketones is 1. The van der Waals surface area contributed by atoms with E-state index < -0.39 is 17.1 Å². The molecule has 0 radical (unpaired) electrons. The van der Waals surface area contributed by atoms with E-state index >= 15 is 0 Å². The molecule has 130 valence electrons. The lowest BCUT2D eigenvalue weighted by molar-refractivity contribution is 0.0730. The molecule has 1 atom stereocenters. The summed E-state index contributed by atoms with van der Waals surface area (Å²) < 4.78 is 0. The Labute approximate surface area is 145 Å². The monoisotopic (exact) mass is 340 g/mol. The predicted molar refractivity (Wildman–Crippen MR) is 93.1 cm³/mol. The van der Waals surface area contributed by atoms with Crippen LogP contribution in [0.5, 0.6) is 17.2 Å². The highest BCUT2D eigenvalue weighted by Crippen LogP contribution is 2.48. The molecule has 25 heavy (non-hydrogen) atoms. The topological polar surface area (TPSA) is 98.0 Å². The van der Waals surface area contributed by atoms with Gasteiger partial charge in [-0.05, 0) is 38.5 Å². The quantitative estimate of drug-likeness (QED) is 0.629. The smallest absolute Gasteiger partial charge is 0.201 e. The number of allylic oxidation sites excluding steroid dienone is 1. The van der Waals surface area contributed by atoms with Crippen LogP contribution in [0.3, 0.4) is 0 Å². The standard InChI is InChI=1S/C20H20O5/c1-10(2)4-5-20(25)13-6-11(3)7-15(22)17(13)19(24)18-14(20)8-12(21)9-16(18)23/h4,6-9,21-23,25H,5H2,1-3H3/t20-/m0/s1. The van der Waals surface area contributed by atoms with Crippen molar-refractivity contribution in [3.8, 4) is 17.2 Å². The average Bonchev–Trinajstić information content (AvgIpc) is 2.49. The first-order chi connectivity index (χ1) is 11.6. The number of fused-ring (bicyclic) bond motifs is 2. The van der Waals surface area contributed by atoms with Gasteiger partial charge in [-0.15, -0.1) is 0 Å². The Balaban J connectivity index is 2.41. The molecule has 5 heteroatoms. The van der Waals surface area contributed by atoms with Crippen molar-refractivity contribution in [3.05, 3.63) is 63.7 Å². The van der Waals surface area contributed by atoms with Crippen LogP contribution in [0, 0.1) is 6.92 Å². The molecule has 5 nitrogen and oxygen atoms in total. The highest BCUT2D eigenvalue weighted by molar-refractivity contribution is 6.16. The Morgan fingerprint density at radius 1 is 1.00 bits per heavy atom. The summed E-state index contributed by atoms with van der Waals surface area (Å²) in [4.78, 5) is 12.9. The molecule has 4 N–H and O–H groups in total. The Morgan fingerprint density at radius 2 is 1.56 bits per heavy atom. The molecule has 0 aliphatic heterocycles. The summed E-state index contributed by atoms with van der Waals surface area (Å²) in [5.41, 5.74) is 0.269. The molecule has 0 fully saturated rings.